The summed E-state index contributed by atoms with van der Waals surface area (Å²) in [5, 5.41) is 0. The maximum Gasteiger partial charge on any atom is 0.339 e. The lowest BCUT2D eigenvalue weighted by molar-refractivity contribution is 0.0463. The molecule has 0 spiro atoms. The average molecular weight is 344 g/mol. The van der Waals surface area contributed by atoms with Crippen LogP contribution in [0.5, 0.6) is 0 Å². The second-order valence-corrected chi connectivity index (χ2v) is 5.64. The van der Waals surface area contributed by atoms with E-state index < -0.39 is 18.5 Å². The van der Waals surface area contributed by atoms with E-state index in [1.165, 1.54) is 19.2 Å². The Hall–Kier alpha value is -2.60. The smallest absolute Gasteiger partial charge is 0.339 e. The van der Waals surface area contributed by atoms with Crippen molar-refractivity contribution < 1.29 is 23.9 Å². The van der Waals surface area contributed by atoms with Crippen LogP contribution in [0.4, 0.5) is 0 Å². The van der Waals surface area contributed by atoms with Crippen LogP contribution in [-0.2, 0) is 9.47 Å². The first-order valence-corrected chi connectivity index (χ1v) is 8.31. The maximum absolute atomic E-state index is 12.1. The number of thioether (sulfide) groups is 1. The number of Topliss-reactive ketones (excluding diaryl/α,β-unsaturated/α-hetero) is 1. The van der Waals surface area contributed by atoms with Gasteiger partial charge in [0.25, 0.3) is 0 Å². The van der Waals surface area contributed by atoms with Gasteiger partial charge in [0.1, 0.15) is 0 Å². The van der Waals surface area contributed by atoms with Crippen LogP contribution in [0, 0.1) is 0 Å². The molecule has 0 saturated heterocycles. The predicted octanol–water partition coefficient (Wildman–Crippen LogP) is 3.23. The van der Waals surface area contributed by atoms with Gasteiger partial charge in [-0.2, -0.15) is 0 Å². The van der Waals surface area contributed by atoms with E-state index in [1.807, 2.05) is 18.4 Å². The highest BCUT2D eigenvalue weighted by molar-refractivity contribution is 7.98. The molecule has 0 atom stereocenters. The number of methoxy groups -OCH3 is 1. The van der Waals surface area contributed by atoms with E-state index in [4.69, 9.17) is 4.74 Å². The van der Waals surface area contributed by atoms with Gasteiger partial charge in [0, 0.05) is 10.5 Å². The first-order valence-electron chi connectivity index (χ1n) is 7.08. The van der Waals surface area contributed by atoms with Crippen molar-refractivity contribution in [2.75, 3.05) is 20.0 Å². The van der Waals surface area contributed by atoms with Gasteiger partial charge >= 0.3 is 11.9 Å². The molecule has 24 heavy (non-hydrogen) atoms. The summed E-state index contributed by atoms with van der Waals surface area (Å²) in [6, 6.07) is 13.2. The standard InChI is InChI=1S/C18H16O5S/c1-22-17(20)14-5-3-4-6-15(14)18(21)23-11-16(19)12-7-9-13(24-2)10-8-12/h3-10H,11H2,1-2H3. The summed E-state index contributed by atoms with van der Waals surface area (Å²) in [6.45, 7) is -0.396. The van der Waals surface area contributed by atoms with Gasteiger partial charge < -0.3 is 9.47 Å². The van der Waals surface area contributed by atoms with E-state index >= 15 is 0 Å². The molecule has 2 rings (SSSR count). The number of rotatable bonds is 6. The normalized spacial score (nSPS) is 10.1. The minimum absolute atomic E-state index is 0.0647. The van der Waals surface area contributed by atoms with E-state index in [1.54, 1.807) is 36.0 Å². The minimum atomic E-state index is -0.745. The van der Waals surface area contributed by atoms with Crippen molar-refractivity contribution in [1.82, 2.24) is 0 Å². The van der Waals surface area contributed by atoms with E-state index in [2.05, 4.69) is 4.74 Å². The summed E-state index contributed by atoms with van der Waals surface area (Å²) in [4.78, 5) is 36.9. The van der Waals surface area contributed by atoms with E-state index in [9.17, 15) is 14.4 Å². The van der Waals surface area contributed by atoms with Gasteiger partial charge in [-0.15, -0.1) is 11.8 Å². The fraction of sp³-hybridized carbons (Fsp3) is 0.167. The highest BCUT2D eigenvalue weighted by atomic mass is 32.2. The van der Waals surface area contributed by atoms with Crippen molar-refractivity contribution in [1.29, 1.82) is 0 Å². The zero-order valence-electron chi connectivity index (χ0n) is 13.3. The van der Waals surface area contributed by atoms with E-state index in [0.717, 1.165) is 4.90 Å². The molecule has 0 saturated carbocycles. The summed E-state index contributed by atoms with van der Waals surface area (Å²) >= 11 is 1.57. The Morgan fingerprint density at radius 2 is 1.50 bits per heavy atom. The number of benzene rings is 2. The average Bonchev–Trinajstić information content (AvgIpc) is 2.65. The molecule has 0 aliphatic carbocycles. The number of hydrogen-bond donors (Lipinski definition) is 0. The summed E-state index contributed by atoms with van der Waals surface area (Å²) in [5.74, 6) is -1.70. The van der Waals surface area contributed by atoms with Gasteiger partial charge in [0.2, 0.25) is 0 Å². The van der Waals surface area contributed by atoms with Crippen LogP contribution in [0.1, 0.15) is 31.1 Å². The van der Waals surface area contributed by atoms with E-state index in [-0.39, 0.29) is 16.9 Å². The van der Waals surface area contributed by atoms with Crippen LogP contribution in [0.3, 0.4) is 0 Å². The molecule has 0 unspecified atom stereocenters. The summed E-state index contributed by atoms with van der Waals surface area (Å²) in [5.41, 5.74) is 0.624. The van der Waals surface area contributed by atoms with Crippen LogP contribution in [0.15, 0.2) is 53.4 Å². The molecular formula is C18H16O5S. The second-order valence-electron chi connectivity index (χ2n) is 4.76. The summed E-state index contributed by atoms with van der Waals surface area (Å²) < 4.78 is 9.66. The molecule has 2 aromatic rings. The Morgan fingerprint density at radius 3 is 2.04 bits per heavy atom. The Balaban J connectivity index is 2.05. The fourth-order valence-corrected chi connectivity index (χ4v) is 2.43. The molecule has 0 bridgehead atoms. The molecule has 124 valence electrons. The second kappa shape index (κ2) is 8.31. The van der Waals surface area contributed by atoms with Crippen molar-refractivity contribution in [2.24, 2.45) is 0 Å². The highest BCUT2D eigenvalue weighted by Crippen LogP contribution is 2.16. The predicted molar refractivity (Wildman–Crippen MR) is 90.6 cm³/mol. The minimum Gasteiger partial charge on any atom is -0.465 e. The molecule has 0 radical (unpaired) electrons. The molecule has 0 amide bonds. The van der Waals surface area contributed by atoms with Crippen LogP contribution in [0.25, 0.3) is 0 Å². The lowest BCUT2D eigenvalue weighted by Crippen LogP contribution is -2.17. The largest absolute Gasteiger partial charge is 0.465 e. The number of hydrogen-bond acceptors (Lipinski definition) is 6. The van der Waals surface area contributed by atoms with Gasteiger partial charge in [-0.1, -0.05) is 24.3 Å². The van der Waals surface area contributed by atoms with Crippen LogP contribution >= 0.6 is 11.8 Å². The van der Waals surface area contributed by atoms with Gasteiger partial charge in [0.05, 0.1) is 18.2 Å². The molecule has 5 nitrogen and oxygen atoms in total. The Labute approximate surface area is 144 Å². The molecule has 0 heterocycles. The zero-order chi connectivity index (χ0) is 17.5. The monoisotopic (exact) mass is 344 g/mol. The third kappa shape index (κ3) is 4.23. The van der Waals surface area contributed by atoms with Crippen LogP contribution in [0.2, 0.25) is 0 Å². The van der Waals surface area contributed by atoms with Gasteiger partial charge in [0.15, 0.2) is 12.4 Å². The molecule has 0 aromatic heterocycles. The first kappa shape index (κ1) is 17.7. The van der Waals surface area contributed by atoms with Gasteiger partial charge in [-0.25, -0.2) is 9.59 Å². The molecule has 0 aliphatic heterocycles. The first-order chi connectivity index (χ1) is 11.6. The Morgan fingerprint density at radius 1 is 0.917 bits per heavy atom. The van der Waals surface area contributed by atoms with Crippen molar-refractivity contribution in [2.45, 2.75) is 4.90 Å². The lowest BCUT2D eigenvalue weighted by Gasteiger charge is -2.08. The van der Waals surface area contributed by atoms with Gasteiger partial charge in [-0.05, 0) is 30.5 Å². The quantitative estimate of drug-likeness (QED) is 0.455. The summed E-state index contributed by atoms with van der Waals surface area (Å²) in [7, 11) is 1.23. The fourth-order valence-electron chi connectivity index (χ4n) is 2.02. The van der Waals surface area contributed by atoms with Crippen molar-refractivity contribution >= 4 is 29.5 Å². The number of ether oxygens (including phenoxy) is 2. The third-order valence-corrected chi connectivity index (χ3v) is 4.04. The zero-order valence-corrected chi connectivity index (χ0v) is 14.1. The number of carbonyl (C=O) groups excluding carboxylic acids is 3. The Bertz CT molecular complexity index is 752. The summed E-state index contributed by atoms with van der Waals surface area (Å²) in [6.07, 6.45) is 1.94. The molecule has 6 heteroatoms. The lowest BCUT2D eigenvalue weighted by atomic mass is 10.1. The van der Waals surface area contributed by atoms with E-state index in [0.29, 0.717) is 5.56 Å². The molecular weight excluding hydrogens is 328 g/mol. The molecule has 0 aliphatic rings. The number of carbonyl (C=O) groups is 3. The Kier molecular flexibility index (Phi) is 6.14. The highest BCUT2D eigenvalue weighted by Gasteiger charge is 2.19. The topological polar surface area (TPSA) is 69.7 Å². The van der Waals surface area contributed by atoms with Crippen molar-refractivity contribution in [3.63, 3.8) is 0 Å². The molecule has 2 aromatic carbocycles. The van der Waals surface area contributed by atoms with Crippen LogP contribution in [-0.4, -0.2) is 37.7 Å². The maximum atomic E-state index is 12.1. The van der Waals surface area contributed by atoms with Crippen LogP contribution < -0.4 is 0 Å². The van der Waals surface area contributed by atoms with Crippen molar-refractivity contribution in [3.8, 4) is 0 Å². The van der Waals surface area contributed by atoms with Gasteiger partial charge in [-0.3, -0.25) is 4.79 Å². The van der Waals surface area contributed by atoms with Crippen molar-refractivity contribution in [3.05, 3.63) is 65.2 Å². The molecule has 0 N–H and O–H groups in total. The number of ketones is 1. The number of esters is 2. The third-order valence-electron chi connectivity index (χ3n) is 3.30. The molecule has 0 fully saturated rings. The SMILES string of the molecule is COC(=O)c1ccccc1C(=O)OCC(=O)c1ccc(SC)cc1.